The molecule has 4 nitrogen and oxygen atoms in total. The molecule has 0 saturated heterocycles. The first-order valence-electron chi connectivity index (χ1n) is 9.63. The Kier molecular flexibility index (Phi) is 4.24. The lowest BCUT2D eigenvalue weighted by molar-refractivity contribution is 0.415. The van der Waals surface area contributed by atoms with E-state index >= 15 is 0 Å². The van der Waals surface area contributed by atoms with Gasteiger partial charge in [-0.2, -0.15) is 0 Å². The van der Waals surface area contributed by atoms with E-state index in [1.54, 1.807) is 14.2 Å². The number of H-pyrrole nitrogens is 2. The van der Waals surface area contributed by atoms with E-state index in [2.05, 4.69) is 76.8 Å². The van der Waals surface area contributed by atoms with E-state index in [9.17, 15) is 0 Å². The highest BCUT2D eigenvalue weighted by molar-refractivity contribution is 5.87. The summed E-state index contributed by atoms with van der Waals surface area (Å²) in [4.78, 5) is 7.05. The van der Waals surface area contributed by atoms with Crippen molar-refractivity contribution in [2.75, 3.05) is 14.2 Å². The maximum atomic E-state index is 5.48. The van der Waals surface area contributed by atoms with Crippen LogP contribution in [0.4, 0.5) is 0 Å². The summed E-state index contributed by atoms with van der Waals surface area (Å²) in [6.45, 7) is 0. The van der Waals surface area contributed by atoms with E-state index in [1.165, 1.54) is 11.1 Å². The third-order valence-corrected chi connectivity index (χ3v) is 5.52. The van der Waals surface area contributed by atoms with Crippen LogP contribution in [-0.4, -0.2) is 24.2 Å². The van der Waals surface area contributed by atoms with Gasteiger partial charge in [0.05, 0.1) is 20.1 Å². The van der Waals surface area contributed by atoms with Crippen LogP contribution in [-0.2, 0) is 0 Å². The topological polar surface area (TPSA) is 50.0 Å². The summed E-state index contributed by atoms with van der Waals surface area (Å²) in [6, 6.07) is 25.1. The highest BCUT2D eigenvalue weighted by Gasteiger charge is 2.22. The van der Waals surface area contributed by atoms with Gasteiger partial charge < -0.3 is 19.4 Å². The van der Waals surface area contributed by atoms with Crippen LogP contribution in [0.2, 0.25) is 0 Å². The van der Waals surface area contributed by atoms with Crippen LogP contribution in [0.15, 0.2) is 79.0 Å². The van der Waals surface area contributed by atoms with Gasteiger partial charge in [-0.25, -0.2) is 0 Å². The largest absolute Gasteiger partial charge is 0.497 e. The van der Waals surface area contributed by atoms with E-state index in [-0.39, 0.29) is 5.92 Å². The predicted molar refractivity (Wildman–Crippen MR) is 117 cm³/mol. The van der Waals surface area contributed by atoms with Crippen molar-refractivity contribution in [3.8, 4) is 11.5 Å². The Morgan fingerprint density at radius 1 is 0.759 bits per heavy atom. The number of aromatic amines is 2. The summed E-state index contributed by atoms with van der Waals surface area (Å²) >= 11 is 0. The number of fused-ring (bicyclic) bond motifs is 2. The predicted octanol–water partition coefficient (Wildman–Crippen LogP) is 5.85. The fourth-order valence-corrected chi connectivity index (χ4v) is 4.07. The molecule has 0 aliphatic rings. The van der Waals surface area contributed by atoms with Gasteiger partial charge >= 0.3 is 0 Å². The summed E-state index contributed by atoms with van der Waals surface area (Å²) in [5.74, 6) is 1.78. The van der Waals surface area contributed by atoms with E-state index < -0.39 is 0 Å². The molecule has 3 aromatic carbocycles. The molecule has 1 unspecified atom stereocenters. The molecule has 0 aliphatic carbocycles. The van der Waals surface area contributed by atoms with E-state index in [4.69, 9.17) is 9.47 Å². The lowest BCUT2D eigenvalue weighted by atomic mass is 9.88. The summed E-state index contributed by atoms with van der Waals surface area (Å²) in [5, 5.41) is 2.30. The van der Waals surface area contributed by atoms with Crippen LogP contribution in [0, 0.1) is 0 Å². The summed E-state index contributed by atoms with van der Waals surface area (Å²) < 4.78 is 10.9. The quantitative estimate of drug-likeness (QED) is 0.401. The first kappa shape index (κ1) is 17.4. The lowest BCUT2D eigenvalue weighted by Crippen LogP contribution is -2.03. The van der Waals surface area contributed by atoms with E-state index in [1.807, 2.05) is 12.1 Å². The van der Waals surface area contributed by atoms with Gasteiger partial charge in [-0.15, -0.1) is 0 Å². The average molecular weight is 382 g/mol. The molecular formula is C25H22N2O2. The standard InChI is InChI=1S/C25H22N2O2/c1-28-18-8-10-22-17(12-18)13-24(27-22)25(16-6-4-3-5-7-16)21-15-26-23-11-9-19(29-2)14-20(21)23/h3-15,25-27H,1-2H3. The van der Waals surface area contributed by atoms with Crippen molar-refractivity contribution in [3.63, 3.8) is 0 Å². The zero-order valence-electron chi connectivity index (χ0n) is 16.4. The first-order valence-corrected chi connectivity index (χ1v) is 9.63. The Hall–Kier alpha value is -3.66. The number of rotatable bonds is 5. The third kappa shape index (κ3) is 3.03. The highest BCUT2D eigenvalue weighted by Crippen LogP contribution is 2.38. The Balaban J connectivity index is 1.73. The number of aromatic nitrogens is 2. The first-order chi connectivity index (χ1) is 14.3. The van der Waals surface area contributed by atoms with Crippen molar-refractivity contribution in [2.45, 2.75) is 5.92 Å². The summed E-state index contributed by atoms with van der Waals surface area (Å²) in [5.41, 5.74) is 5.78. The Morgan fingerprint density at radius 2 is 1.48 bits per heavy atom. The number of nitrogens with one attached hydrogen (secondary N) is 2. The van der Waals surface area contributed by atoms with E-state index in [0.717, 1.165) is 39.0 Å². The average Bonchev–Trinajstić information content (AvgIpc) is 3.38. The second-order valence-corrected chi connectivity index (χ2v) is 7.18. The molecule has 0 bridgehead atoms. The van der Waals surface area contributed by atoms with Gasteiger partial charge in [-0.05, 0) is 53.6 Å². The Morgan fingerprint density at radius 3 is 2.24 bits per heavy atom. The zero-order chi connectivity index (χ0) is 19.8. The molecule has 0 radical (unpaired) electrons. The molecule has 0 amide bonds. The van der Waals surface area contributed by atoms with Crippen molar-refractivity contribution in [2.24, 2.45) is 0 Å². The summed E-state index contributed by atoms with van der Waals surface area (Å²) in [7, 11) is 3.40. The molecule has 4 heteroatoms. The van der Waals surface area contributed by atoms with Crippen LogP contribution < -0.4 is 9.47 Å². The van der Waals surface area contributed by atoms with Crippen LogP contribution in [0.3, 0.4) is 0 Å². The van der Waals surface area contributed by atoms with Gasteiger partial charge in [-0.3, -0.25) is 0 Å². The Bertz CT molecular complexity index is 1280. The van der Waals surface area contributed by atoms with Gasteiger partial charge in [0.25, 0.3) is 0 Å². The second-order valence-electron chi connectivity index (χ2n) is 7.18. The van der Waals surface area contributed by atoms with Crippen molar-refractivity contribution >= 4 is 21.8 Å². The molecule has 2 heterocycles. The molecule has 0 aliphatic heterocycles. The minimum Gasteiger partial charge on any atom is -0.497 e. The molecule has 0 saturated carbocycles. The minimum atomic E-state index is 0.0652. The van der Waals surface area contributed by atoms with Gasteiger partial charge in [0, 0.05) is 33.7 Å². The van der Waals surface area contributed by atoms with E-state index in [0.29, 0.717) is 0 Å². The maximum absolute atomic E-state index is 5.48. The normalized spacial score (nSPS) is 12.3. The van der Waals surface area contributed by atoms with Gasteiger partial charge in [-0.1, -0.05) is 30.3 Å². The molecule has 0 spiro atoms. The molecule has 1 atom stereocenters. The monoisotopic (exact) mass is 382 g/mol. The lowest BCUT2D eigenvalue weighted by Gasteiger charge is -2.16. The van der Waals surface area contributed by atoms with Gasteiger partial charge in [0.2, 0.25) is 0 Å². The molecule has 5 rings (SSSR count). The molecule has 144 valence electrons. The van der Waals surface area contributed by atoms with Gasteiger partial charge in [0.1, 0.15) is 11.5 Å². The number of methoxy groups -OCH3 is 2. The molecular weight excluding hydrogens is 360 g/mol. The number of ether oxygens (including phenoxy) is 2. The van der Waals surface area contributed by atoms with Crippen LogP contribution in [0.25, 0.3) is 21.8 Å². The number of hydrogen-bond donors (Lipinski definition) is 2. The maximum Gasteiger partial charge on any atom is 0.119 e. The fourth-order valence-electron chi connectivity index (χ4n) is 4.07. The van der Waals surface area contributed by atoms with Crippen LogP contribution in [0.1, 0.15) is 22.7 Å². The smallest absolute Gasteiger partial charge is 0.119 e. The molecule has 29 heavy (non-hydrogen) atoms. The number of benzene rings is 3. The molecule has 5 aromatic rings. The Labute approximate surface area is 169 Å². The number of hydrogen-bond acceptors (Lipinski definition) is 2. The summed E-state index contributed by atoms with van der Waals surface area (Å²) in [6.07, 6.45) is 2.11. The zero-order valence-corrected chi connectivity index (χ0v) is 16.4. The molecule has 2 aromatic heterocycles. The van der Waals surface area contributed by atoms with Crippen molar-refractivity contribution < 1.29 is 9.47 Å². The second kappa shape index (κ2) is 7.06. The third-order valence-electron chi connectivity index (χ3n) is 5.52. The fraction of sp³-hybridized carbons (Fsp3) is 0.120. The van der Waals surface area contributed by atoms with Crippen molar-refractivity contribution in [1.29, 1.82) is 0 Å². The van der Waals surface area contributed by atoms with Crippen molar-refractivity contribution in [3.05, 3.63) is 95.8 Å². The van der Waals surface area contributed by atoms with Crippen molar-refractivity contribution in [1.82, 2.24) is 9.97 Å². The van der Waals surface area contributed by atoms with Gasteiger partial charge in [0.15, 0.2) is 0 Å². The van der Waals surface area contributed by atoms with Crippen LogP contribution >= 0.6 is 0 Å². The van der Waals surface area contributed by atoms with Crippen LogP contribution in [0.5, 0.6) is 11.5 Å². The highest BCUT2D eigenvalue weighted by atomic mass is 16.5. The molecule has 2 N–H and O–H groups in total. The molecule has 0 fully saturated rings. The minimum absolute atomic E-state index is 0.0652. The SMILES string of the molecule is COc1ccc2[nH]c(C(c3ccccc3)c3c[nH]c4ccc(OC)cc34)cc2c1.